The minimum absolute atomic E-state index is 0.393. The molecule has 0 aromatic carbocycles. The highest BCUT2D eigenvalue weighted by Crippen LogP contribution is 2.01. The minimum atomic E-state index is -1.05. The Morgan fingerprint density at radius 3 is 2.50 bits per heavy atom. The molecule has 0 atom stereocenters. The Morgan fingerprint density at radius 2 is 2.00 bits per heavy atom. The summed E-state index contributed by atoms with van der Waals surface area (Å²) >= 11 is 0. The topological polar surface area (TPSA) is 46.6 Å². The van der Waals surface area contributed by atoms with Crippen LogP contribution in [0.15, 0.2) is 24.6 Å². The van der Waals surface area contributed by atoms with E-state index in [0.717, 1.165) is 0 Å². The van der Waals surface area contributed by atoms with Crippen LogP contribution in [0.5, 0.6) is 0 Å². The van der Waals surface area contributed by atoms with Crippen molar-refractivity contribution >= 4 is 11.9 Å². The minimum Gasteiger partial charge on any atom is -0.451 e. The summed E-state index contributed by atoms with van der Waals surface area (Å²) in [6, 6.07) is 0. The average molecular weight is 199 g/mol. The predicted octanol–water partition coefficient (Wildman–Crippen LogP) is 0.411. The zero-order valence-corrected chi connectivity index (χ0v) is 7.53. The van der Waals surface area contributed by atoms with E-state index in [0.29, 0.717) is 13.1 Å². The summed E-state index contributed by atoms with van der Waals surface area (Å²) in [6.07, 6.45) is 3.53. The van der Waals surface area contributed by atoms with Crippen molar-refractivity contribution in [2.45, 2.75) is 0 Å². The van der Waals surface area contributed by atoms with Gasteiger partial charge in [0.25, 0.3) is 0 Å². The lowest BCUT2D eigenvalue weighted by atomic mass is 10.5. The molecule has 0 spiro atoms. The molecule has 0 bridgehead atoms. The van der Waals surface area contributed by atoms with E-state index >= 15 is 0 Å². The number of esters is 1. The average Bonchev–Trinajstić information content (AvgIpc) is 2.65. The van der Waals surface area contributed by atoms with Crippen LogP contribution in [0.2, 0.25) is 0 Å². The summed E-state index contributed by atoms with van der Waals surface area (Å²) in [4.78, 5) is 23.5. The third-order valence-electron chi connectivity index (χ3n) is 1.64. The van der Waals surface area contributed by atoms with Gasteiger partial charge in [0, 0.05) is 13.1 Å². The highest BCUT2D eigenvalue weighted by atomic mass is 19.1. The van der Waals surface area contributed by atoms with Gasteiger partial charge in [0.2, 0.25) is 0 Å². The second-order valence-corrected chi connectivity index (χ2v) is 2.77. The molecule has 0 saturated carbocycles. The first-order valence-electron chi connectivity index (χ1n) is 4.05. The largest absolute Gasteiger partial charge is 0.451 e. The maximum Gasteiger partial charge on any atom is 0.397 e. The van der Waals surface area contributed by atoms with Crippen LogP contribution >= 0.6 is 0 Å². The molecule has 1 heterocycles. The van der Waals surface area contributed by atoms with E-state index in [-0.39, 0.29) is 0 Å². The number of carbonyl (C=O) groups is 2. The van der Waals surface area contributed by atoms with Gasteiger partial charge in [-0.1, -0.05) is 18.7 Å². The lowest BCUT2D eigenvalue weighted by molar-refractivity contribution is -0.159. The van der Waals surface area contributed by atoms with Crippen molar-refractivity contribution in [2.75, 3.05) is 19.7 Å². The smallest absolute Gasteiger partial charge is 0.397 e. The Labute approximate surface area is 80.6 Å². The van der Waals surface area contributed by atoms with Gasteiger partial charge in [0.15, 0.2) is 0 Å². The number of rotatable bonds is 2. The fraction of sp³-hybridized carbons (Fsp3) is 0.333. The number of nitrogens with zero attached hydrogens (tertiary/aromatic N) is 1. The van der Waals surface area contributed by atoms with Crippen LogP contribution in [0, 0.1) is 0 Å². The van der Waals surface area contributed by atoms with Crippen molar-refractivity contribution in [1.29, 1.82) is 0 Å². The summed E-state index contributed by atoms with van der Waals surface area (Å²) in [5, 5.41) is 0. The zero-order valence-electron chi connectivity index (χ0n) is 7.53. The molecular weight excluding hydrogens is 189 g/mol. The van der Waals surface area contributed by atoms with E-state index in [9.17, 15) is 14.0 Å². The third-order valence-corrected chi connectivity index (χ3v) is 1.64. The molecule has 0 aromatic heterocycles. The summed E-state index contributed by atoms with van der Waals surface area (Å²) < 4.78 is 16.4. The molecule has 0 aromatic rings. The number of carbonyl (C=O) groups excluding carboxylic acids is 2. The normalized spacial score (nSPS) is 14.2. The predicted molar refractivity (Wildman–Crippen MR) is 46.9 cm³/mol. The van der Waals surface area contributed by atoms with E-state index < -0.39 is 24.3 Å². The molecule has 14 heavy (non-hydrogen) atoms. The molecule has 0 aliphatic carbocycles. The lowest BCUT2D eigenvalue weighted by Crippen LogP contribution is -2.35. The van der Waals surface area contributed by atoms with Crippen LogP contribution < -0.4 is 0 Å². The van der Waals surface area contributed by atoms with E-state index in [2.05, 4.69) is 11.3 Å². The highest BCUT2D eigenvalue weighted by molar-refractivity contribution is 6.32. The first-order valence-corrected chi connectivity index (χ1v) is 4.05. The van der Waals surface area contributed by atoms with Crippen LogP contribution in [-0.4, -0.2) is 36.5 Å². The van der Waals surface area contributed by atoms with Crippen molar-refractivity contribution in [3.05, 3.63) is 24.6 Å². The van der Waals surface area contributed by atoms with Gasteiger partial charge in [-0.2, -0.15) is 0 Å². The Morgan fingerprint density at radius 1 is 1.43 bits per heavy atom. The van der Waals surface area contributed by atoms with Crippen LogP contribution in [0.4, 0.5) is 4.39 Å². The quantitative estimate of drug-likeness (QED) is 0.367. The van der Waals surface area contributed by atoms with Crippen molar-refractivity contribution in [2.24, 2.45) is 0 Å². The van der Waals surface area contributed by atoms with Crippen molar-refractivity contribution < 1.29 is 18.7 Å². The molecule has 4 nitrogen and oxygen atoms in total. The molecule has 1 aliphatic rings. The number of halogens is 1. The Kier molecular flexibility index (Phi) is 3.39. The molecule has 76 valence electrons. The Bertz CT molecular complexity index is 290. The molecule has 0 fully saturated rings. The first kappa shape index (κ1) is 10.4. The molecule has 1 amide bonds. The van der Waals surface area contributed by atoms with Gasteiger partial charge in [-0.3, -0.25) is 4.79 Å². The second kappa shape index (κ2) is 4.55. The second-order valence-electron chi connectivity index (χ2n) is 2.77. The van der Waals surface area contributed by atoms with Crippen LogP contribution in [0.25, 0.3) is 0 Å². The summed E-state index contributed by atoms with van der Waals surface area (Å²) in [7, 11) is 0. The maximum absolute atomic E-state index is 12.1. The van der Waals surface area contributed by atoms with E-state index in [1.54, 1.807) is 12.2 Å². The maximum atomic E-state index is 12.1. The monoisotopic (exact) mass is 199 g/mol. The third kappa shape index (κ3) is 2.69. The fourth-order valence-electron chi connectivity index (χ4n) is 0.979. The van der Waals surface area contributed by atoms with Crippen molar-refractivity contribution in [3.8, 4) is 0 Å². The zero-order chi connectivity index (χ0) is 10.6. The van der Waals surface area contributed by atoms with Gasteiger partial charge in [0.05, 0.1) is 0 Å². The van der Waals surface area contributed by atoms with E-state index in [4.69, 9.17) is 0 Å². The Hall–Kier alpha value is -1.65. The van der Waals surface area contributed by atoms with Gasteiger partial charge >= 0.3 is 11.9 Å². The molecule has 1 aliphatic heterocycles. The van der Waals surface area contributed by atoms with Crippen molar-refractivity contribution in [3.63, 3.8) is 0 Å². The Balaban J connectivity index is 2.36. The fourth-order valence-corrected chi connectivity index (χ4v) is 0.979. The van der Waals surface area contributed by atoms with Crippen LogP contribution in [0.3, 0.4) is 0 Å². The van der Waals surface area contributed by atoms with E-state index in [1.165, 1.54) is 4.90 Å². The summed E-state index contributed by atoms with van der Waals surface area (Å²) in [5.41, 5.74) is 0. The SMILES string of the molecule is C=C(F)COC(=O)C(=O)N1CC=CC1. The molecule has 0 unspecified atom stereocenters. The highest BCUT2D eigenvalue weighted by Gasteiger charge is 2.23. The van der Waals surface area contributed by atoms with Gasteiger partial charge in [-0.15, -0.1) is 0 Å². The van der Waals surface area contributed by atoms with Gasteiger partial charge in [-0.05, 0) is 0 Å². The molecule has 1 rings (SSSR count). The lowest BCUT2D eigenvalue weighted by Gasteiger charge is -2.13. The van der Waals surface area contributed by atoms with Crippen LogP contribution in [-0.2, 0) is 14.3 Å². The summed E-state index contributed by atoms with van der Waals surface area (Å²) in [6.45, 7) is 3.13. The standard InChI is InChI=1S/C9H10FNO3/c1-7(10)6-14-9(13)8(12)11-4-2-3-5-11/h2-3H,1,4-6H2. The van der Waals surface area contributed by atoms with Crippen LogP contribution in [0.1, 0.15) is 0 Å². The van der Waals surface area contributed by atoms with Gasteiger partial charge in [0.1, 0.15) is 12.4 Å². The molecule has 0 radical (unpaired) electrons. The number of hydrogen-bond donors (Lipinski definition) is 0. The number of amides is 1. The number of hydrogen-bond acceptors (Lipinski definition) is 3. The number of ether oxygens (including phenoxy) is 1. The molecule has 0 saturated heterocycles. The molecule has 5 heteroatoms. The first-order chi connectivity index (χ1) is 6.61. The van der Waals surface area contributed by atoms with E-state index in [1.807, 2.05) is 0 Å². The van der Waals surface area contributed by atoms with Crippen molar-refractivity contribution in [1.82, 2.24) is 4.90 Å². The van der Waals surface area contributed by atoms with Gasteiger partial charge < -0.3 is 9.64 Å². The van der Waals surface area contributed by atoms with Gasteiger partial charge in [-0.25, -0.2) is 9.18 Å². The molecular formula is C9H10FNO3. The molecule has 0 N–H and O–H groups in total. The summed E-state index contributed by atoms with van der Waals surface area (Å²) in [5.74, 6) is -2.59.